The van der Waals surface area contributed by atoms with Gasteiger partial charge in [0, 0.05) is 56.9 Å². The number of hydrogen-bond acceptors (Lipinski definition) is 14. The number of imidazole rings is 2. The highest BCUT2D eigenvalue weighted by atomic mass is 16.5. The van der Waals surface area contributed by atoms with Gasteiger partial charge in [0.1, 0.15) is 16.8 Å². The second-order valence-corrected chi connectivity index (χ2v) is 12.5. The minimum atomic E-state index is -0.683. The van der Waals surface area contributed by atoms with Crippen molar-refractivity contribution in [3.05, 3.63) is 95.7 Å². The molecule has 7 rings (SSSR count). The van der Waals surface area contributed by atoms with Crippen molar-refractivity contribution in [2.45, 2.75) is 19.5 Å². The van der Waals surface area contributed by atoms with Gasteiger partial charge in [-0.2, -0.15) is 10.2 Å². The van der Waals surface area contributed by atoms with Gasteiger partial charge in [-0.15, -0.1) is 10.2 Å². The third kappa shape index (κ3) is 8.45. The van der Waals surface area contributed by atoms with Crippen LogP contribution in [0.5, 0.6) is 5.75 Å². The third-order valence-electron chi connectivity index (χ3n) is 8.74. The van der Waals surface area contributed by atoms with Crippen LogP contribution in [0.4, 0.5) is 11.9 Å². The molecule has 56 heavy (non-hydrogen) atoms. The number of benzene rings is 1. The molecule has 0 bridgehead atoms. The van der Waals surface area contributed by atoms with Crippen LogP contribution in [0.2, 0.25) is 0 Å². The normalized spacial score (nSPS) is 13.3. The molecule has 1 aliphatic heterocycles. The molecule has 20 heteroatoms. The van der Waals surface area contributed by atoms with Crippen LogP contribution in [-0.2, 0) is 17.8 Å². The Kier molecular flexibility index (Phi) is 11.2. The number of anilines is 2. The van der Waals surface area contributed by atoms with E-state index in [1.54, 1.807) is 39.5 Å². The number of hydrogen-bond donors (Lipinski definition) is 4. The molecule has 0 unspecified atom stereocenters. The van der Waals surface area contributed by atoms with Gasteiger partial charge in [-0.05, 0) is 48.9 Å². The zero-order valence-electron chi connectivity index (χ0n) is 29.9. The second-order valence-electron chi connectivity index (χ2n) is 12.5. The van der Waals surface area contributed by atoms with Crippen molar-refractivity contribution >= 4 is 57.7 Å². The van der Waals surface area contributed by atoms with Gasteiger partial charge in [-0.1, -0.05) is 12.2 Å². The molecular formula is C36H36N14O6. The highest BCUT2D eigenvalue weighted by Gasteiger charge is 2.22. The first kappa shape index (κ1) is 37.1. The fourth-order valence-electron chi connectivity index (χ4n) is 6.00. The van der Waals surface area contributed by atoms with E-state index < -0.39 is 23.6 Å². The molecule has 1 aliphatic rings. The topological polar surface area (TPSA) is 266 Å². The van der Waals surface area contributed by atoms with Crippen LogP contribution in [0.1, 0.15) is 48.1 Å². The SMILES string of the molecule is NC(=O)c1cnc2c(c1)nc(NC(=O)c1cccnn1)n2CC=CCn1c(NC(=O)c2cccnn2)nc2cc(C(N)=O)cc(OCCCN3CCOCC3)c21. The second kappa shape index (κ2) is 16.9. The monoisotopic (exact) mass is 760 g/mol. The zero-order chi connectivity index (χ0) is 39.0. The number of pyridine rings is 1. The summed E-state index contributed by atoms with van der Waals surface area (Å²) in [5.41, 5.74) is 13.2. The van der Waals surface area contributed by atoms with Gasteiger partial charge in [-0.3, -0.25) is 39.3 Å². The number of primary amides is 2. The molecule has 0 atom stereocenters. The number of amides is 4. The molecule has 6 aromatic rings. The highest BCUT2D eigenvalue weighted by Crippen LogP contribution is 2.31. The van der Waals surface area contributed by atoms with Crippen molar-refractivity contribution in [3.63, 3.8) is 0 Å². The van der Waals surface area contributed by atoms with Gasteiger partial charge >= 0.3 is 0 Å². The number of allylic oxidation sites excluding steroid dienone is 2. The maximum Gasteiger partial charge on any atom is 0.278 e. The van der Waals surface area contributed by atoms with E-state index in [4.69, 9.17) is 20.9 Å². The van der Waals surface area contributed by atoms with Crippen LogP contribution in [-0.4, -0.2) is 112 Å². The average molecular weight is 761 g/mol. The van der Waals surface area contributed by atoms with Gasteiger partial charge in [0.05, 0.1) is 30.9 Å². The quantitative estimate of drug-likeness (QED) is 0.0852. The molecule has 6 N–H and O–H groups in total. The van der Waals surface area contributed by atoms with Crippen LogP contribution in [0.3, 0.4) is 0 Å². The fraction of sp³-hybridized carbons (Fsp3) is 0.250. The van der Waals surface area contributed by atoms with Crippen molar-refractivity contribution in [1.29, 1.82) is 0 Å². The minimum absolute atomic E-state index is 0.0640. The molecule has 6 heterocycles. The lowest BCUT2D eigenvalue weighted by Crippen LogP contribution is -2.37. The molecule has 0 spiro atoms. The van der Waals surface area contributed by atoms with Crippen LogP contribution >= 0.6 is 0 Å². The van der Waals surface area contributed by atoms with E-state index in [-0.39, 0.29) is 47.5 Å². The molecule has 0 radical (unpaired) electrons. The Hall–Kier alpha value is -7.19. The van der Waals surface area contributed by atoms with E-state index in [0.29, 0.717) is 54.2 Å². The van der Waals surface area contributed by atoms with Crippen molar-refractivity contribution < 1.29 is 28.7 Å². The van der Waals surface area contributed by atoms with E-state index in [2.05, 4.69) is 50.9 Å². The summed E-state index contributed by atoms with van der Waals surface area (Å²) in [5.74, 6) is -1.85. The van der Waals surface area contributed by atoms with Crippen LogP contribution in [0, 0.1) is 0 Å². The van der Waals surface area contributed by atoms with Gasteiger partial charge in [-0.25, -0.2) is 15.0 Å². The third-order valence-corrected chi connectivity index (χ3v) is 8.74. The Balaban J connectivity index is 1.20. The summed E-state index contributed by atoms with van der Waals surface area (Å²) >= 11 is 0. The van der Waals surface area contributed by atoms with Gasteiger partial charge in [0.2, 0.25) is 23.7 Å². The zero-order valence-corrected chi connectivity index (χ0v) is 29.9. The van der Waals surface area contributed by atoms with Gasteiger partial charge in [0.15, 0.2) is 17.0 Å². The molecule has 0 aliphatic carbocycles. The Labute approximate surface area is 317 Å². The first-order valence-corrected chi connectivity index (χ1v) is 17.5. The highest BCUT2D eigenvalue weighted by molar-refractivity contribution is 6.04. The number of carbonyl (C=O) groups is 4. The lowest BCUT2D eigenvalue weighted by atomic mass is 10.1. The van der Waals surface area contributed by atoms with Crippen molar-refractivity contribution in [3.8, 4) is 5.75 Å². The summed E-state index contributed by atoms with van der Waals surface area (Å²) in [7, 11) is 0. The first-order chi connectivity index (χ1) is 27.2. The molecule has 286 valence electrons. The number of nitrogens with one attached hydrogen (secondary N) is 2. The van der Waals surface area contributed by atoms with Crippen LogP contribution in [0.25, 0.3) is 22.2 Å². The summed E-state index contributed by atoms with van der Waals surface area (Å²) in [4.78, 5) is 66.4. The van der Waals surface area contributed by atoms with E-state index in [1.165, 1.54) is 42.9 Å². The summed E-state index contributed by atoms with van der Waals surface area (Å²) in [5, 5.41) is 20.9. The summed E-state index contributed by atoms with van der Waals surface area (Å²) in [6.07, 6.45) is 8.53. The van der Waals surface area contributed by atoms with Crippen molar-refractivity contribution in [2.75, 3.05) is 50.1 Å². The Morgan fingerprint density at radius 1 is 0.804 bits per heavy atom. The largest absolute Gasteiger partial charge is 0.491 e. The Morgan fingerprint density at radius 2 is 1.41 bits per heavy atom. The van der Waals surface area contributed by atoms with E-state index in [0.717, 1.165) is 19.6 Å². The van der Waals surface area contributed by atoms with Crippen LogP contribution in [0.15, 0.2) is 73.2 Å². The predicted octanol–water partition coefficient (Wildman–Crippen LogP) is 1.42. The molecule has 20 nitrogen and oxygen atoms in total. The molecule has 1 saturated heterocycles. The summed E-state index contributed by atoms with van der Waals surface area (Å²) in [6.45, 7) is 4.47. The number of rotatable bonds is 15. The average Bonchev–Trinajstić information content (AvgIpc) is 3.74. The fourth-order valence-corrected chi connectivity index (χ4v) is 6.00. The van der Waals surface area contributed by atoms with Gasteiger partial charge < -0.3 is 25.5 Å². The number of nitrogens with two attached hydrogens (primary N) is 2. The van der Waals surface area contributed by atoms with E-state index in [1.807, 2.05) is 0 Å². The van der Waals surface area contributed by atoms with Gasteiger partial charge in [0.25, 0.3) is 11.8 Å². The first-order valence-electron chi connectivity index (χ1n) is 17.5. The number of carbonyl (C=O) groups excluding carboxylic acids is 4. The summed E-state index contributed by atoms with van der Waals surface area (Å²) in [6, 6.07) is 10.8. The standard InChI is InChI=1S/C36H36N14O6/c37-30(51)22-18-26-29(28(20-22)56-15-5-10-48-13-16-55-17-14-48)49(35(42-26)44-33(53)24-6-3-8-40-46-24)11-1-2-12-50-32-27(19-23(21-39-32)31(38)52)43-36(50)45-34(54)25-7-4-9-41-47-25/h1-4,6-9,18-21H,5,10-17H2,(H2,37,51)(H2,38,52)(H,42,44,53)(H,43,45,54). The van der Waals surface area contributed by atoms with E-state index >= 15 is 0 Å². The molecule has 1 fully saturated rings. The summed E-state index contributed by atoms with van der Waals surface area (Å²) < 4.78 is 15.1. The minimum Gasteiger partial charge on any atom is -0.491 e. The maximum atomic E-state index is 13.3. The number of ether oxygens (including phenoxy) is 2. The predicted molar refractivity (Wildman–Crippen MR) is 201 cm³/mol. The van der Waals surface area contributed by atoms with Crippen molar-refractivity contribution in [2.24, 2.45) is 11.5 Å². The van der Waals surface area contributed by atoms with E-state index in [9.17, 15) is 19.2 Å². The number of morpholine rings is 1. The molecule has 1 aromatic carbocycles. The number of fused-ring (bicyclic) bond motifs is 2. The lowest BCUT2D eigenvalue weighted by Gasteiger charge is -2.26. The molecule has 5 aromatic heterocycles. The number of nitrogens with zero attached hydrogens (tertiary/aromatic N) is 10. The maximum absolute atomic E-state index is 13.3. The molecule has 0 saturated carbocycles. The van der Waals surface area contributed by atoms with Crippen LogP contribution < -0.4 is 26.8 Å². The molecule has 4 amide bonds. The smallest absolute Gasteiger partial charge is 0.278 e. The lowest BCUT2D eigenvalue weighted by molar-refractivity contribution is 0.0358. The number of aromatic nitrogens is 9. The van der Waals surface area contributed by atoms with Crippen molar-refractivity contribution in [1.82, 2.24) is 49.4 Å². The molecular weight excluding hydrogens is 724 g/mol. The Bertz CT molecular complexity index is 2430. The Morgan fingerprint density at radius 3 is 2.04 bits per heavy atom.